The third kappa shape index (κ3) is 8.65. The summed E-state index contributed by atoms with van der Waals surface area (Å²) >= 11 is 12.9. The van der Waals surface area contributed by atoms with Crippen molar-refractivity contribution in [3.63, 3.8) is 0 Å². The Morgan fingerprint density at radius 3 is 2.62 bits per heavy atom. The van der Waals surface area contributed by atoms with Crippen molar-refractivity contribution >= 4 is 53.0 Å². The van der Waals surface area contributed by atoms with Gasteiger partial charge in [0.25, 0.3) is 5.91 Å². The Hall–Kier alpha value is -2.23. The fourth-order valence-corrected chi connectivity index (χ4v) is 5.34. The Kier molecular flexibility index (Phi) is 9.58. The van der Waals surface area contributed by atoms with Crippen LogP contribution >= 0.6 is 35.1 Å². The van der Waals surface area contributed by atoms with E-state index < -0.39 is 5.60 Å². The van der Waals surface area contributed by atoms with Crippen LogP contribution in [0.4, 0.5) is 10.6 Å². The van der Waals surface area contributed by atoms with Crippen LogP contribution in [0.15, 0.2) is 35.4 Å². The molecule has 2 amide bonds. The van der Waals surface area contributed by atoms with Gasteiger partial charge < -0.3 is 15.0 Å². The van der Waals surface area contributed by atoms with E-state index in [1.54, 1.807) is 0 Å². The number of nitrogens with one attached hydrogen (secondary N) is 2. The molecule has 3 heterocycles. The van der Waals surface area contributed by atoms with Crippen LogP contribution in [0.3, 0.4) is 0 Å². The first kappa shape index (κ1) is 29.3. The number of carbonyl (C=O) groups is 2. The molecular weight excluding hydrogens is 533 g/mol. The Labute approximate surface area is 233 Å². The van der Waals surface area contributed by atoms with Crippen LogP contribution in [-0.2, 0) is 4.74 Å². The molecule has 2 atom stereocenters. The summed E-state index contributed by atoms with van der Waals surface area (Å²) in [5, 5.41) is 4.34. The van der Waals surface area contributed by atoms with Crippen molar-refractivity contribution in [1.29, 1.82) is 0 Å². The Balaban J connectivity index is 1.49. The first-order valence-electron chi connectivity index (χ1n) is 12.3. The number of aromatic nitrogens is 2. The smallest absolute Gasteiger partial charge is 0.410 e. The number of amides is 2. The average molecular weight is 569 g/mol. The number of ether oxygens (including phenoxy) is 1. The number of hydrogen-bond acceptors (Lipinski definition) is 7. The highest BCUT2D eigenvalue weighted by molar-refractivity contribution is 7.97. The molecule has 2 unspecified atom stereocenters. The van der Waals surface area contributed by atoms with Gasteiger partial charge >= 0.3 is 6.09 Å². The Bertz CT molecular complexity index is 1130. The van der Waals surface area contributed by atoms with Crippen LogP contribution in [0.5, 0.6) is 0 Å². The van der Waals surface area contributed by atoms with Crippen LogP contribution in [0.1, 0.15) is 71.2 Å². The van der Waals surface area contributed by atoms with Gasteiger partial charge in [-0.3, -0.25) is 9.52 Å². The van der Waals surface area contributed by atoms with Crippen molar-refractivity contribution in [2.75, 3.05) is 11.9 Å². The standard InChI is InChI=1S/C26H35Cl2N5O3S/c1-16(10-11-17-14-26(5,6)33(15-17)24(35)36-25(2,3)4)29-20-8-7-9-21(31-20)37-32-23(34)18-12-13-19(27)30-22(18)28/h7-9,12-13,16-17H,10-11,14-15H2,1-6H3,(H,29,31)(H,32,34). The summed E-state index contributed by atoms with van der Waals surface area (Å²) in [5.74, 6) is 0.749. The minimum atomic E-state index is -0.508. The lowest BCUT2D eigenvalue weighted by Crippen LogP contribution is -2.45. The van der Waals surface area contributed by atoms with E-state index in [1.807, 2.05) is 43.9 Å². The van der Waals surface area contributed by atoms with Crippen molar-refractivity contribution in [3.8, 4) is 0 Å². The largest absolute Gasteiger partial charge is 0.444 e. The summed E-state index contributed by atoms with van der Waals surface area (Å²) < 4.78 is 8.35. The normalized spacial score (nSPS) is 17.8. The lowest BCUT2D eigenvalue weighted by Gasteiger charge is -2.33. The number of nitrogens with zero attached hydrogens (tertiary/aromatic N) is 3. The lowest BCUT2D eigenvalue weighted by molar-refractivity contribution is 0.0130. The van der Waals surface area contributed by atoms with Crippen molar-refractivity contribution in [3.05, 3.63) is 46.2 Å². The molecule has 11 heteroatoms. The molecule has 0 radical (unpaired) electrons. The second-order valence-electron chi connectivity index (χ2n) is 11.0. The fraction of sp³-hybridized carbons (Fsp3) is 0.538. The molecule has 1 fully saturated rings. The maximum atomic E-state index is 12.7. The van der Waals surface area contributed by atoms with E-state index in [1.165, 1.54) is 12.1 Å². The van der Waals surface area contributed by atoms with Crippen LogP contribution < -0.4 is 10.0 Å². The second-order valence-corrected chi connectivity index (χ2v) is 12.5. The number of pyridine rings is 2. The summed E-state index contributed by atoms with van der Waals surface area (Å²) in [4.78, 5) is 35.4. The van der Waals surface area contributed by atoms with Gasteiger partial charge in [-0.15, -0.1) is 0 Å². The lowest BCUT2D eigenvalue weighted by atomic mass is 9.92. The molecule has 2 aromatic rings. The molecule has 8 nitrogen and oxygen atoms in total. The molecule has 1 aliphatic rings. The van der Waals surface area contributed by atoms with Gasteiger partial charge in [0.1, 0.15) is 26.8 Å². The summed E-state index contributed by atoms with van der Waals surface area (Å²) in [6, 6.07) is 8.81. The summed E-state index contributed by atoms with van der Waals surface area (Å²) in [5.41, 5.74) is -0.498. The molecule has 202 valence electrons. The zero-order valence-electron chi connectivity index (χ0n) is 22.1. The number of likely N-dealkylation sites (tertiary alicyclic amines) is 1. The summed E-state index contributed by atoms with van der Waals surface area (Å²) in [6.45, 7) is 12.7. The van der Waals surface area contributed by atoms with E-state index in [0.717, 1.165) is 37.0 Å². The van der Waals surface area contributed by atoms with E-state index in [2.05, 4.69) is 40.8 Å². The molecule has 1 saturated heterocycles. The number of anilines is 1. The zero-order chi connectivity index (χ0) is 27.4. The summed E-state index contributed by atoms with van der Waals surface area (Å²) in [7, 11) is 0. The zero-order valence-corrected chi connectivity index (χ0v) is 24.4. The topological polar surface area (TPSA) is 96.5 Å². The molecule has 2 aromatic heterocycles. The third-order valence-corrected chi connectivity index (χ3v) is 7.23. The van der Waals surface area contributed by atoms with Crippen molar-refractivity contribution in [2.45, 2.75) is 83.0 Å². The highest BCUT2D eigenvalue weighted by atomic mass is 35.5. The number of hydrogen-bond donors (Lipinski definition) is 2. The maximum Gasteiger partial charge on any atom is 0.410 e. The van der Waals surface area contributed by atoms with Gasteiger partial charge in [0.05, 0.1) is 5.56 Å². The van der Waals surface area contributed by atoms with E-state index in [-0.39, 0.29) is 39.5 Å². The maximum absolute atomic E-state index is 12.7. The van der Waals surface area contributed by atoms with Gasteiger partial charge in [-0.05, 0) is 91.0 Å². The fourth-order valence-electron chi connectivity index (χ4n) is 4.32. The van der Waals surface area contributed by atoms with E-state index in [9.17, 15) is 9.59 Å². The van der Waals surface area contributed by atoms with E-state index >= 15 is 0 Å². The molecule has 0 spiro atoms. The van der Waals surface area contributed by atoms with Crippen molar-refractivity contribution in [2.24, 2.45) is 5.92 Å². The molecule has 2 N–H and O–H groups in total. The minimum absolute atomic E-state index is 0.0441. The molecular formula is C26H35Cl2N5O3S. The first-order chi connectivity index (χ1) is 17.2. The molecule has 1 aliphatic heterocycles. The predicted octanol–water partition coefficient (Wildman–Crippen LogP) is 6.84. The van der Waals surface area contributed by atoms with Gasteiger partial charge in [0.15, 0.2) is 0 Å². The van der Waals surface area contributed by atoms with Gasteiger partial charge in [0.2, 0.25) is 0 Å². The predicted molar refractivity (Wildman–Crippen MR) is 149 cm³/mol. The van der Waals surface area contributed by atoms with Gasteiger partial charge in [-0.25, -0.2) is 14.8 Å². The highest BCUT2D eigenvalue weighted by Gasteiger charge is 2.42. The highest BCUT2D eigenvalue weighted by Crippen LogP contribution is 2.36. The number of rotatable bonds is 8. The molecule has 0 saturated carbocycles. The SMILES string of the molecule is CC(CCC1CN(C(=O)OC(C)(C)C)C(C)(C)C1)Nc1cccc(SNC(=O)c2ccc(Cl)nc2Cl)n1. The van der Waals surface area contributed by atoms with E-state index in [4.69, 9.17) is 27.9 Å². The Morgan fingerprint density at radius 1 is 1.22 bits per heavy atom. The van der Waals surface area contributed by atoms with Gasteiger partial charge in [0, 0.05) is 30.1 Å². The number of carbonyl (C=O) groups excluding carboxylic acids is 2. The molecule has 0 bridgehead atoms. The molecule has 37 heavy (non-hydrogen) atoms. The third-order valence-electron chi connectivity index (χ3n) is 6.01. The van der Waals surface area contributed by atoms with Crippen molar-refractivity contribution < 1.29 is 14.3 Å². The van der Waals surface area contributed by atoms with Crippen LogP contribution in [-0.4, -0.2) is 50.6 Å². The van der Waals surface area contributed by atoms with Crippen LogP contribution in [0.25, 0.3) is 0 Å². The number of halogens is 2. The average Bonchev–Trinajstić information content (AvgIpc) is 3.09. The van der Waals surface area contributed by atoms with Crippen LogP contribution in [0.2, 0.25) is 10.3 Å². The molecule has 3 rings (SSSR count). The monoisotopic (exact) mass is 567 g/mol. The molecule has 0 aliphatic carbocycles. The molecule has 0 aromatic carbocycles. The quantitative estimate of drug-likeness (QED) is 0.266. The first-order valence-corrected chi connectivity index (χ1v) is 13.8. The van der Waals surface area contributed by atoms with Gasteiger partial charge in [-0.2, -0.15) is 0 Å². The second kappa shape index (κ2) is 12.1. The van der Waals surface area contributed by atoms with Crippen LogP contribution in [0, 0.1) is 5.92 Å². The Morgan fingerprint density at radius 2 is 1.95 bits per heavy atom. The van der Waals surface area contributed by atoms with Gasteiger partial charge in [-0.1, -0.05) is 29.3 Å². The summed E-state index contributed by atoms with van der Waals surface area (Å²) in [6.07, 6.45) is 2.61. The minimum Gasteiger partial charge on any atom is -0.444 e. The van der Waals surface area contributed by atoms with Crippen molar-refractivity contribution in [1.82, 2.24) is 19.6 Å². The van der Waals surface area contributed by atoms with E-state index in [0.29, 0.717) is 17.5 Å².